The van der Waals surface area contributed by atoms with E-state index < -0.39 is 5.91 Å². The molecule has 1 amide bonds. The average Bonchev–Trinajstić information content (AvgIpc) is 3.29. The molecule has 0 spiro atoms. The lowest BCUT2D eigenvalue weighted by Crippen LogP contribution is -2.17. The molecule has 0 saturated carbocycles. The Kier molecular flexibility index (Phi) is 7.00. The highest BCUT2D eigenvalue weighted by atomic mass is 32.2. The SMILES string of the molecule is COc1ccccc1NC(=O)c1c(C)nc(SCc2ccccc2)c(C#N)c1-c1ccc(C)o1. The van der Waals surface area contributed by atoms with Gasteiger partial charge in [0.2, 0.25) is 0 Å². The van der Waals surface area contributed by atoms with E-state index in [-0.39, 0.29) is 0 Å². The van der Waals surface area contributed by atoms with Crippen molar-refractivity contribution in [1.82, 2.24) is 4.98 Å². The van der Waals surface area contributed by atoms with Crippen LogP contribution in [0.15, 0.2) is 76.2 Å². The monoisotopic (exact) mass is 469 g/mol. The van der Waals surface area contributed by atoms with Crippen LogP contribution in [0.3, 0.4) is 0 Å². The number of carbonyl (C=O) groups excluding carboxylic acids is 1. The van der Waals surface area contributed by atoms with Gasteiger partial charge in [-0.05, 0) is 43.7 Å². The first-order valence-corrected chi connectivity index (χ1v) is 11.6. The van der Waals surface area contributed by atoms with E-state index in [1.54, 1.807) is 32.2 Å². The first kappa shape index (κ1) is 23.1. The Morgan fingerprint density at radius 3 is 2.50 bits per heavy atom. The number of benzene rings is 2. The Morgan fingerprint density at radius 2 is 1.82 bits per heavy atom. The van der Waals surface area contributed by atoms with E-state index in [1.807, 2.05) is 55.5 Å². The molecule has 1 N–H and O–H groups in total. The Morgan fingerprint density at radius 1 is 1.09 bits per heavy atom. The number of ether oxygens (including phenoxy) is 1. The third-order valence-corrected chi connectivity index (χ3v) is 6.29. The predicted molar refractivity (Wildman–Crippen MR) is 133 cm³/mol. The van der Waals surface area contributed by atoms with E-state index >= 15 is 0 Å². The molecule has 6 nitrogen and oxygen atoms in total. The van der Waals surface area contributed by atoms with Crippen LogP contribution < -0.4 is 10.1 Å². The van der Waals surface area contributed by atoms with Gasteiger partial charge in [-0.2, -0.15) is 5.26 Å². The molecule has 0 fully saturated rings. The maximum Gasteiger partial charge on any atom is 0.258 e. The van der Waals surface area contributed by atoms with Gasteiger partial charge in [-0.25, -0.2) is 4.98 Å². The third kappa shape index (κ3) is 4.82. The fraction of sp³-hybridized carbons (Fsp3) is 0.148. The molecule has 0 radical (unpaired) electrons. The highest BCUT2D eigenvalue weighted by Gasteiger charge is 2.26. The van der Waals surface area contributed by atoms with E-state index in [0.29, 0.717) is 56.1 Å². The van der Waals surface area contributed by atoms with E-state index in [2.05, 4.69) is 16.4 Å². The summed E-state index contributed by atoms with van der Waals surface area (Å²) in [5.41, 5.74) is 3.19. The van der Waals surface area contributed by atoms with Crippen molar-refractivity contribution in [2.75, 3.05) is 12.4 Å². The van der Waals surface area contributed by atoms with E-state index in [9.17, 15) is 10.1 Å². The van der Waals surface area contributed by atoms with Gasteiger partial charge < -0.3 is 14.5 Å². The molecule has 2 heterocycles. The van der Waals surface area contributed by atoms with Gasteiger partial charge in [-0.3, -0.25) is 4.79 Å². The number of pyridine rings is 1. The molecule has 4 aromatic rings. The number of nitriles is 1. The van der Waals surface area contributed by atoms with Gasteiger partial charge in [0.25, 0.3) is 5.91 Å². The van der Waals surface area contributed by atoms with Crippen LogP contribution in [0.5, 0.6) is 5.75 Å². The van der Waals surface area contributed by atoms with Crippen LogP contribution in [-0.4, -0.2) is 18.0 Å². The van der Waals surface area contributed by atoms with Crippen LogP contribution in [0.1, 0.15) is 32.9 Å². The van der Waals surface area contributed by atoms with Crippen molar-refractivity contribution < 1.29 is 13.9 Å². The summed E-state index contributed by atoms with van der Waals surface area (Å²) in [7, 11) is 1.54. The van der Waals surface area contributed by atoms with Gasteiger partial charge >= 0.3 is 0 Å². The number of amides is 1. The zero-order valence-corrected chi connectivity index (χ0v) is 19.9. The number of rotatable bonds is 7. The number of nitrogens with one attached hydrogen (secondary N) is 1. The molecule has 0 unspecified atom stereocenters. The van der Waals surface area contributed by atoms with Crippen molar-refractivity contribution in [3.8, 4) is 23.1 Å². The Hall–Kier alpha value is -4.02. The van der Waals surface area contributed by atoms with Crippen LogP contribution in [-0.2, 0) is 5.75 Å². The second-order valence-corrected chi connectivity index (χ2v) is 8.54. The number of carbonyl (C=O) groups is 1. The summed E-state index contributed by atoms with van der Waals surface area (Å²) in [6.07, 6.45) is 0. The first-order chi connectivity index (χ1) is 16.5. The number of furan rings is 1. The van der Waals surface area contributed by atoms with Crippen LogP contribution >= 0.6 is 11.8 Å². The molecule has 0 saturated heterocycles. The van der Waals surface area contributed by atoms with Gasteiger partial charge in [0.05, 0.1) is 35.2 Å². The number of hydrogen-bond acceptors (Lipinski definition) is 6. The van der Waals surface area contributed by atoms with Crippen LogP contribution in [0.4, 0.5) is 5.69 Å². The van der Waals surface area contributed by atoms with Gasteiger partial charge in [-0.15, -0.1) is 11.8 Å². The molecule has 34 heavy (non-hydrogen) atoms. The fourth-order valence-corrected chi connectivity index (χ4v) is 4.63. The van der Waals surface area contributed by atoms with E-state index in [0.717, 1.165) is 5.56 Å². The molecular weight excluding hydrogens is 446 g/mol. The predicted octanol–water partition coefficient (Wildman–Crippen LogP) is 6.38. The first-order valence-electron chi connectivity index (χ1n) is 10.6. The minimum absolute atomic E-state index is 0.292. The second-order valence-electron chi connectivity index (χ2n) is 7.58. The summed E-state index contributed by atoms with van der Waals surface area (Å²) in [4.78, 5) is 18.2. The highest BCUT2D eigenvalue weighted by molar-refractivity contribution is 7.98. The van der Waals surface area contributed by atoms with Crippen molar-refractivity contribution in [2.45, 2.75) is 24.6 Å². The molecule has 0 bridgehead atoms. The molecule has 2 aromatic heterocycles. The van der Waals surface area contributed by atoms with Crippen molar-refractivity contribution >= 4 is 23.4 Å². The summed E-state index contributed by atoms with van der Waals surface area (Å²) in [6, 6.07) is 23.0. The lowest BCUT2D eigenvalue weighted by molar-refractivity contribution is 0.102. The fourth-order valence-electron chi connectivity index (χ4n) is 3.64. The number of methoxy groups -OCH3 is 1. The summed E-state index contributed by atoms with van der Waals surface area (Å²) in [5.74, 6) is 1.92. The Labute approximate surface area is 202 Å². The van der Waals surface area contributed by atoms with Gasteiger partial charge in [0.15, 0.2) is 0 Å². The molecule has 0 aliphatic carbocycles. The lowest BCUT2D eigenvalue weighted by Gasteiger charge is -2.16. The van der Waals surface area contributed by atoms with Crippen LogP contribution in [0.2, 0.25) is 0 Å². The minimum atomic E-state index is -0.394. The van der Waals surface area contributed by atoms with Crippen LogP contribution in [0, 0.1) is 25.2 Å². The summed E-state index contributed by atoms with van der Waals surface area (Å²) in [5, 5.41) is 13.6. The van der Waals surface area contributed by atoms with Gasteiger partial charge in [0.1, 0.15) is 28.4 Å². The molecule has 2 aromatic carbocycles. The van der Waals surface area contributed by atoms with E-state index in [4.69, 9.17) is 9.15 Å². The van der Waals surface area contributed by atoms with Crippen LogP contribution in [0.25, 0.3) is 11.3 Å². The normalized spacial score (nSPS) is 10.5. The summed E-state index contributed by atoms with van der Waals surface area (Å²) >= 11 is 1.46. The maximum absolute atomic E-state index is 13.5. The summed E-state index contributed by atoms with van der Waals surface area (Å²) in [6.45, 7) is 3.59. The lowest BCUT2D eigenvalue weighted by atomic mass is 9.99. The topological polar surface area (TPSA) is 88.1 Å². The standard InChI is InChI=1S/C27H23N3O3S/c1-17-13-14-23(33-17)25-20(15-28)27(34-16-19-9-5-4-6-10-19)29-18(2)24(25)26(31)30-21-11-7-8-12-22(21)32-3/h4-14H,16H2,1-3H3,(H,30,31). The Bertz CT molecular complexity index is 1370. The zero-order valence-electron chi connectivity index (χ0n) is 19.1. The zero-order chi connectivity index (χ0) is 24.1. The number of thioether (sulfide) groups is 1. The molecule has 4 rings (SSSR count). The number of para-hydroxylation sites is 2. The van der Waals surface area contributed by atoms with Crippen molar-refractivity contribution in [2.24, 2.45) is 0 Å². The number of aromatic nitrogens is 1. The maximum atomic E-state index is 13.5. The van der Waals surface area contributed by atoms with E-state index in [1.165, 1.54) is 11.8 Å². The molecule has 0 aliphatic rings. The number of anilines is 1. The van der Waals surface area contributed by atoms with Gasteiger partial charge in [0, 0.05) is 5.75 Å². The smallest absolute Gasteiger partial charge is 0.258 e. The number of nitrogens with zero attached hydrogens (tertiary/aromatic N) is 2. The van der Waals surface area contributed by atoms with Crippen molar-refractivity contribution in [3.63, 3.8) is 0 Å². The summed E-state index contributed by atoms with van der Waals surface area (Å²) < 4.78 is 11.2. The van der Waals surface area contributed by atoms with Gasteiger partial charge in [-0.1, -0.05) is 42.5 Å². The molecular formula is C27H23N3O3S. The number of aryl methyl sites for hydroxylation is 2. The number of hydrogen-bond donors (Lipinski definition) is 1. The van der Waals surface area contributed by atoms with Crippen molar-refractivity contribution in [1.29, 1.82) is 5.26 Å². The molecule has 7 heteroatoms. The third-order valence-electron chi connectivity index (χ3n) is 5.24. The highest BCUT2D eigenvalue weighted by Crippen LogP contribution is 2.37. The quantitative estimate of drug-likeness (QED) is 0.316. The van der Waals surface area contributed by atoms with Crippen molar-refractivity contribution in [3.05, 3.63) is 94.9 Å². The molecule has 0 atom stereocenters. The average molecular weight is 470 g/mol. The Balaban J connectivity index is 1.81. The second kappa shape index (κ2) is 10.3. The molecule has 170 valence electrons. The largest absolute Gasteiger partial charge is 0.495 e. The minimum Gasteiger partial charge on any atom is -0.495 e. The molecule has 0 aliphatic heterocycles.